The fraction of sp³-hybridized carbons (Fsp3) is 0.429. The van der Waals surface area contributed by atoms with Gasteiger partial charge in [0.05, 0.1) is 0 Å². The van der Waals surface area contributed by atoms with Crippen molar-refractivity contribution in [3.8, 4) is 0 Å². The molecule has 1 amide bonds. The van der Waals surface area contributed by atoms with Crippen molar-refractivity contribution in [3.63, 3.8) is 0 Å². The summed E-state index contributed by atoms with van der Waals surface area (Å²) in [7, 11) is 1.53. The molecule has 1 saturated heterocycles. The molecule has 1 atom stereocenters. The molecule has 4 heteroatoms. The van der Waals surface area contributed by atoms with Crippen LogP contribution in [-0.4, -0.2) is 36.5 Å². The molecular weight excluding hydrogens is 146 g/mol. The Labute approximate surface area is 64.4 Å². The van der Waals surface area contributed by atoms with E-state index in [0.29, 0.717) is 0 Å². The zero-order valence-corrected chi connectivity index (χ0v) is 6.24. The van der Waals surface area contributed by atoms with Gasteiger partial charge in [0.2, 0.25) is 0 Å². The molecule has 0 aromatic carbocycles. The van der Waals surface area contributed by atoms with E-state index in [1.165, 1.54) is 18.0 Å². The Balaban J connectivity index is 2.68. The van der Waals surface area contributed by atoms with Crippen molar-refractivity contribution in [1.29, 1.82) is 0 Å². The maximum atomic E-state index is 11.0. The van der Waals surface area contributed by atoms with E-state index in [0.717, 1.165) is 0 Å². The van der Waals surface area contributed by atoms with Gasteiger partial charge in [0.1, 0.15) is 12.6 Å². The Hall–Kier alpha value is -1.32. The van der Waals surface area contributed by atoms with Crippen LogP contribution in [-0.2, 0) is 9.53 Å². The molecule has 1 rings (SSSR count). The Morgan fingerprint density at radius 3 is 2.91 bits per heavy atom. The van der Waals surface area contributed by atoms with Gasteiger partial charge in [0.15, 0.2) is 5.78 Å². The summed E-state index contributed by atoms with van der Waals surface area (Å²) in [6.45, 7) is 3.46. The first-order valence-electron chi connectivity index (χ1n) is 3.22. The lowest BCUT2D eigenvalue weighted by Crippen LogP contribution is -2.35. The van der Waals surface area contributed by atoms with Crippen molar-refractivity contribution < 1.29 is 14.3 Å². The maximum Gasteiger partial charge on any atom is 0.410 e. The predicted molar refractivity (Wildman–Crippen MR) is 38.1 cm³/mol. The number of carbonyl (C=O) groups excluding carboxylic acids is 2. The van der Waals surface area contributed by atoms with Crippen molar-refractivity contribution in [1.82, 2.24) is 4.90 Å². The molecule has 11 heavy (non-hydrogen) atoms. The summed E-state index contributed by atoms with van der Waals surface area (Å²) in [6.07, 6.45) is 0.744. The minimum absolute atomic E-state index is 0.139. The average molecular weight is 155 g/mol. The molecule has 1 heterocycles. The van der Waals surface area contributed by atoms with Crippen LogP contribution in [0.4, 0.5) is 4.79 Å². The first kappa shape index (κ1) is 7.78. The lowest BCUT2D eigenvalue weighted by atomic mass is 10.2. The molecule has 0 spiro atoms. The molecular formula is C7H9NO3. The third-order valence-corrected chi connectivity index (χ3v) is 1.65. The SMILES string of the molecule is C=CC(=O)C1COC(=O)N1C. The van der Waals surface area contributed by atoms with Gasteiger partial charge in [-0.25, -0.2) is 4.79 Å². The van der Waals surface area contributed by atoms with Gasteiger partial charge in [-0.3, -0.25) is 9.69 Å². The summed E-state index contributed by atoms with van der Waals surface area (Å²) >= 11 is 0. The van der Waals surface area contributed by atoms with Crippen LogP contribution in [0.15, 0.2) is 12.7 Å². The minimum atomic E-state index is -0.472. The molecule has 0 aromatic rings. The van der Waals surface area contributed by atoms with Crippen molar-refractivity contribution in [2.24, 2.45) is 0 Å². The standard InChI is InChI=1S/C7H9NO3/c1-3-6(9)5-4-11-7(10)8(5)2/h3,5H,1,4H2,2H3. The molecule has 0 N–H and O–H groups in total. The van der Waals surface area contributed by atoms with E-state index in [4.69, 9.17) is 0 Å². The number of hydrogen-bond acceptors (Lipinski definition) is 3. The van der Waals surface area contributed by atoms with Crippen LogP contribution in [0, 0.1) is 0 Å². The fourth-order valence-electron chi connectivity index (χ4n) is 0.900. The zero-order valence-electron chi connectivity index (χ0n) is 6.24. The van der Waals surface area contributed by atoms with Crippen LogP contribution in [0.25, 0.3) is 0 Å². The summed E-state index contributed by atoms with van der Waals surface area (Å²) in [5.74, 6) is -0.182. The molecule has 1 aliphatic rings. The van der Waals surface area contributed by atoms with Crippen LogP contribution < -0.4 is 0 Å². The highest BCUT2D eigenvalue weighted by atomic mass is 16.6. The van der Waals surface area contributed by atoms with Crippen molar-refractivity contribution in [2.75, 3.05) is 13.7 Å². The van der Waals surface area contributed by atoms with Gasteiger partial charge in [-0.2, -0.15) is 0 Å². The normalized spacial score (nSPS) is 23.2. The Bertz CT molecular complexity index is 212. The Kier molecular flexibility index (Phi) is 1.94. The van der Waals surface area contributed by atoms with E-state index in [2.05, 4.69) is 11.3 Å². The van der Waals surface area contributed by atoms with E-state index in [-0.39, 0.29) is 12.4 Å². The molecule has 1 aliphatic heterocycles. The fourth-order valence-corrected chi connectivity index (χ4v) is 0.900. The molecule has 4 nitrogen and oxygen atoms in total. The van der Waals surface area contributed by atoms with Crippen LogP contribution in [0.1, 0.15) is 0 Å². The zero-order chi connectivity index (χ0) is 8.43. The number of ketones is 1. The van der Waals surface area contributed by atoms with Gasteiger partial charge in [0.25, 0.3) is 0 Å². The van der Waals surface area contributed by atoms with E-state index in [1.54, 1.807) is 0 Å². The summed E-state index contributed by atoms with van der Waals surface area (Å²) in [5.41, 5.74) is 0. The molecule has 0 aromatic heterocycles. The van der Waals surface area contributed by atoms with Gasteiger partial charge in [-0.05, 0) is 6.08 Å². The number of hydrogen-bond donors (Lipinski definition) is 0. The highest BCUT2D eigenvalue weighted by Gasteiger charge is 2.33. The largest absolute Gasteiger partial charge is 0.447 e. The predicted octanol–water partition coefficient (Wildman–Crippen LogP) is 0.192. The first-order valence-corrected chi connectivity index (χ1v) is 3.22. The lowest BCUT2D eigenvalue weighted by molar-refractivity contribution is -0.117. The van der Waals surface area contributed by atoms with Gasteiger partial charge < -0.3 is 4.74 Å². The third kappa shape index (κ3) is 1.24. The highest BCUT2D eigenvalue weighted by Crippen LogP contribution is 2.10. The van der Waals surface area contributed by atoms with Crippen LogP contribution >= 0.6 is 0 Å². The van der Waals surface area contributed by atoms with E-state index in [1.807, 2.05) is 0 Å². The van der Waals surface area contributed by atoms with E-state index >= 15 is 0 Å². The summed E-state index contributed by atoms with van der Waals surface area (Å²) in [5, 5.41) is 0. The lowest BCUT2D eigenvalue weighted by Gasteiger charge is -2.11. The second kappa shape index (κ2) is 2.74. The highest BCUT2D eigenvalue weighted by molar-refractivity contribution is 5.96. The van der Waals surface area contributed by atoms with Crippen molar-refractivity contribution in [3.05, 3.63) is 12.7 Å². The van der Waals surface area contributed by atoms with Crippen LogP contribution in [0.3, 0.4) is 0 Å². The molecule has 0 radical (unpaired) electrons. The van der Waals surface area contributed by atoms with Crippen LogP contribution in [0.2, 0.25) is 0 Å². The molecule has 0 saturated carbocycles. The molecule has 60 valence electrons. The number of rotatable bonds is 2. The summed E-state index contributed by atoms with van der Waals surface area (Å²) in [4.78, 5) is 23.0. The topological polar surface area (TPSA) is 46.6 Å². The van der Waals surface area contributed by atoms with Crippen molar-refractivity contribution in [2.45, 2.75) is 6.04 Å². The minimum Gasteiger partial charge on any atom is -0.447 e. The van der Waals surface area contributed by atoms with E-state index in [9.17, 15) is 9.59 Å². The monoisotopic (exact) mass is 155 g/mol. The molecule has 0 bridgehead atoms. The third-order valence-electron chi connectivity index (χ3n) is 1.65. The smallest absolute Gasteiger partial charge is 0.410 e. The quantitative estimate of drug-likeness (QED) is 0.535. The Morgan fingerprint density at radius 1 is 1.91 bits per heavy atom. The van der Waals surface area contributed by atoms with Crippen molar-refractivity contribution >= 4 is 11.9 Å². The number of amides is 1. The number of ether oxygens (including phenoxy) is 1. The van der Waals surface area contributed by atoms with Crippen LogP contribution in [0.5, 0.6) is 0 Å². The Morgan fingerprint density at radius 2 is 2.55 bits per heavy atom. The number of likely N-dealkylation sites (N-methyl/N-ethyl adjacent to an activating group) is 1. The molecule has 0 aliphatic carbocycles. The van der Waals surface area contributed by atoms with Gasteiger partial charge in [-0.15, -0.1) is 0 Å². The summed E-state index contributed by atoms with van der Waals surface area (Å²) in [6, 6.07) is -0.472. The second-order valence-electron chi connectivity index (χ2n) is 2.31. The number of carbonyl (C=O) groups is 2. The number of nitrogens with zero attached hydrogens (tertiary/aromatic N) is 1. The summed E-state index contributed by atoms with van der Waals surface area (Å²) < 4.78 is 4.62. The van der Waals surface area contributed by atoms with Gasteiger partial charge in [0, 0.05) is 7.05 Å². The van der Waals surface area contributed by atoms with Gasteiger partial charge >= 0.3 is 6.09 Å². The first-order chi connectivity index (χ1) is 5.16. The second-order valence-corrected chi connectivity index (χ2v) is 2.31. The van der Waals surface area contributed by atoms with Gasteiger partial charge in [-0.1, -0.05) is 6.58 Å². The molecule has 1 unspecified atom stereocenters. The average Bonchev–Trinajstić information content (AvgIpc) is 2.32. The number of cyclic esters (lactones) is 1. The molecule has 1 fully saturated rings. The van der Waals surface area contributed by atoms with E-state index < -0.39 is 12.1 Å². The maximum absolute atomic E-state index is 11.0.